The third kappa shape index (κ3) is 2.29. The summed E-state index contributed by atoms with van der Waals surface area (Å²) in [5.41, 5.74) is 1.87. The summed E-state index contributed by atoms with van der Waals surface area (Å²) in [6.45, 7) is 0. The van der Waals surface area contributed by atoms with Gasteiger partial charge in [-0.25, -0.2) is 4.98 Å². The van der Waals surface area contributed by atoms with Gasteiger partial charge in [0.1, 0.15) is 0 Å². The maximum absolute atomic E-state index is 12.1. The summed E-state index contributed by atoms with van der Waals surface area (Å²) in [5, 5.41) is 3.62. The maximum atomic E-state index is 12.1. The summed E-state index contributed by atoms with van der Waals surface area (Å²) in [4.78, 5) is 17.9. The number of nitrogens with one attached hydrogen (secondary N) is 1. The van der Waals surface area contributed by atoms with Gasteiger partial charge in [0.25, 0.3) is 5.91 Å². The summed E-state index contributed by atoms with van der Waals surface area (Å²) in [7, 11) is 0. The second-order valence-electron chi connectivity index (χ2n) is 4.18. The van der Waals surface area contributed by atoms with Crippen molar-refractivity contribution in [2.45, 2.75) is 19.3 Å². The first-order valence-electron chi connectivity index (χ1n) is 5.78. The van der Waals surface area contributed by atoms with Gasteiger partial charge in [0.05, 0.1) is 11.3 Å². The quantitative estimate of drug-likeness (QED) is 0.823. The predicted molar refractivity (Wildman–Crippen MR) is 81.3 cm³/mol. The van der Waals surface area contributed by atoms with Crippen molar-refractivity contribution in [3.05, 3.63) is 44.0 Å². The minimum Gasteiger partial charge on any atom is -0.298 e. The molecule has 0 bridgehead atoms. The molecule has 0 spiro atoms. The molecule has 1 aromatic carbocycles. The molecule has 0 saturated heterocycles. The second-order valence-corrected chi connectivity index (χ2v) is 6.42. The van der Waals surface area contributed by atoms with Gasteiger partial charge in [-0.2, -0.15) is 0 Å². The minimum atomic E-state index is -0.0765. The zero-order valence-electron chi connectivity index (χ0n) is 9.57. The molecule has 0 saturated carbocycles. The largest absolute Gasteiger partial charge is 0.298 e. The van der Waals surface area contributed by atoms with E-state index >= 15 is 0 Å². The molecule has 5 heteroatoms. The zero-order valence-corrected chi connectivity index (χ0v) is 12.5. The molecule has 3 nitrogen and oxygen atoms in total. The number of hydrogen-bond donors (Lipinski definition) is 1. The van der Waals surface area contributed by atoms with E-state index in [9.17, 15) is 4.79 Å². The number of nitrogens with zero attached hydrogens (tertiary/aromatic N) is 1. The Morgan fingerprint density at radius 2 is 2.17 bits per heavy atom. The first-order valence-corrected chi connectivity index (χ1v) is 7.68. The fraction of sp³-hybridized carbons (Fsp3) is 0.231. The van der Waals surface area contributed by atoms with Crippen LogP contribution in [-0.4, -0.2) is 10.9 Å². The van der Waals surface area contributed by atoms with Crippen LogP contribution in [0.3, 0.4) is 0 Å². The van der Waals surface area contributed by atoms with Crippen LogP contribution in [0.25, 0.3) is 0 Å². The number of rotatable bonds is 2. The molecule has 0 aliphatic heterocycles. The molecule has 1 heterocycles. The number of anilines is 1. The van der Waals surface area contributed by atoms with Gasteiger partial charge in [-0.15, -0.1) is 11.3 Å². The van der Waals surface area contributed by atoms with Crippen LogP contribution < -0.4 is 5.32 Å². The highest BCUT2D eigenvalue weighted by Gasteiger charge is 2.18. The van der Waals surface area contributed by atoms with Gasteiger partial charge in [-0.1, -0.05) is 12.1 Å². The molecule has 92 valence electrons. The van der Waals surface area contributed by atoms with E-state index in [1.54, 1.807) is 11.3 Å². The lowest BCUT2D eigenvalue weighted by Gasteiger charge is -2.03. The molecular formula is C13H11IN2OS. The Bertz CT molecular complexity index is 587. The normalized spacial score (nSPS) is 13.4. The van der Waals surface area contributed by atoms with Crippen molar-refractivity contribution in [3.8, 4) is 0 Å². The van der Waals surface area contributed by atoms with E-state index in [2.05, 4.69) is 32.9 Å². The molecule has 0 fully saturated rings. The zero-order chi connectivity index (χ0) is 12.5. The highest BCUT2D eigenvalue weighted by Crippen LogP contribution is 2.30. The molecule has 2 aromatic rings. The highest BCUT2D eigenvalue weighted by atomic mass is 127. The molecule has 0 radical (unpaired) electrons. The fourth-order valence-electron chi connectivity index (χ4n) is 2.05. The van der Waals surface area contributed by atoms with Crippen molar-refractivity contribution >= 4 is 45.0 Å². The number of amides is 1. The molecule has 1 aliphatic rings. The molecule has 0 atom stereocenters. The monoisotopic (exact) mass is 370 g/mol. The number of carbonyl (C=O) groups is 1. The van der Waals surface area contributed by atoms with E-state index in [-0.39, 0.29) is 5.91 Å². The van der Waals surface area contributed by atoms with Crippen molar-refractivity contribution in [2.24, 2.45) is 0 Å². The summed E-state index contributed by atoms with van der Waals surface area (Å²) in [6.07, 6.45) is 3.34. The average molecular weight is 370 g/mol. The number of carbonyl (C=O) groups excluding carboxylic acids is 1. The molecule has 18 heavy (non-hydrogen) atoms. The van der Waals surface area contributed by atoms with Crippen LogP contribution in [-0.2, 0) is 12.8 Å². The molecule has 0 unspecified atom stereocenters. The third-order valence-corrected chi connectivity index (χ3v) is 4.95. The summed E-state index contributed by atoms with van der Waals surface area (Å²) in [5.74, 6) is -0.0765. The van der Waals surface area contributed by atoms with Crippen molar-refractivity contribution < 1.29 is 4.79 Å². The Morgan fingerprint density at radius 1 is 1.33 bits per heavy atom. The maximum Gasteiger partial charge on any atom is 0.258 e. The first-order chi connectivity index (χ1) is 8.74. The van der Waals surface area contributed by atoms with Crippen molar-refractivity contribution in [1.82, 2.24) is 4.98 Å². The molecule has 3 rings (SSSR count). The minimum absolute atomic E-state index is 0.0765. The van der Waals surface area contributed by atoms with Crippen LogP contribution in [0.5, 0.6) is 0 Å². The van der Waals surface area contributed by atoms with Crippen LogP contribution >= 0.6 is 33.9 Å². The number of benzene rings is 1. The number of halogens is 1. The summed E-state index contributed by atoms with van der Waals surface area (Å²) < 4.78 is 0.955. The van der Waals surface area contributed by atoms with Crippen LogP contribution in [0, 0.1) is 3.57 Å². The second kappa shape index (κ2) is 4.97. The van der Waals surface area contributed by atoms with Gasteiger partial charge >= 0.3 is 0 Å². The van der Waals surface area contributed by atoms with Crippen LogP contribution in [0.15, 0.2) is 24.3 Å². The van der Waals surface area contributed by atoms with Crippen LogP contribution in [0.4, 0.5) is 5.13 Å². The number of aryl methyl sites for hydroxylation is 2. The van der Waals surface area contributed by atoms with Gasteiger partial charge in [-0.3, -0.25) is 10.1 Å². The lowest BCUT2D eigenvalue weighted by atomic mass is 10.2. The van der Waals surface area contributed by atoms with E-state index in [1.165, 1.54) is 11.3 Å². The van der Waals surface area contributed by atoms with Gasteiger partial charge < -0.3 is 0 Å². The van der Waals surface area contributed by atoms with Gasteiger partial charge in [0.2, 0.25) is 0 Å². The predicted octanol–water partition coefficient (Wildman–Crippen LogP) is 3.49. The number of aromatic nitrogens is 1. The molecule has 1 N–H and O–H groups in total. The molecule has 1 aromatic heterocycles. The van der Waals surface area contributed by atoms with E-state index in [4.69, 9.17) is 0 Å². The number of thiazole rings is 1. The van der Waals surface area contributed by atoms with Crippen LogP contribution in [0.2, 0.25) is 0 Å². The number of hydrogen-bond acceptors (Lipinski definition) is 3. The lowest BCUT2D eigenvalue weighted by molar-refractivity contribution is 0.102. The Hall–Kier alpha value is -0.950. The first kappa shape index (κ1) is 12.1. The van der Waals surface area contributed by atoms with Gasteiger partial charge in [0.15, 0.2) is 5.13 Å². The summed E-state index contributed by atoms with van der Waals surface area (Å²) >= 11 is 3.78. The van der Waals surface area contributed by atoms with Crippen LogP contribution in [0.1, 0.15) is 27.3 Å². The SMILES string of the molecule is O=C(Nc1nc2c(s1)CCC2)c1ccccc1I. The number of fused-ring (bicyclic) bond motifs is 1. The van der Waals surface area contributed by atoms with E-state index < -0.39 is 0 Å². The smallest absolute Gasteiger partial charge is 0.258 e. The Balaban J connectivity index is 1.80. The standard InChI is InChI=1S/C13H11IN2OS/c14-9-5-2-1-4-8(9)12(17)16-13-15-10-6-3-7-11(10)18-13/h1-2,4-5H,3,6-7H2,(H,15,16,17). The summed E-state index contributed by atoms with van der Waals surface area (Å²) in [6, 6.07) is 7.56. The molecular weight excluding hydrogens is 359 g/mol. The highest BCUT2D eigenvalue weighted by molar-refractivity contribution is 14.1. The Morgan fingerprint density at radius 3 is 2.94 bits per heavy atom. The topological polar surface area (TPSA) is 42.0 Å². The van der Waals surface area contributed by atoms with Crippen molar-refractivity contribution in [1.29, 1.82) is 0 Å². The lowest BCUT2D eigenvalue weighted by Crippen LogP contribution is -2.13. The van der Waals surface area contributed by atoms with E-state index in [0.29, 0.717) is 5.56 Å². The van der Waals surface area contributed by atoms with Crippen molar-refractivity contribution in [2.75, 3.05) is 5.32 Å². The average Bonchev–Trinajstić information content (AvgIpc) is 2.90. The molecule has 1 aliphatic carbocycles. The Kier molecular flexibility index (Phi) is 3.34. The van der Waals surface area contributed by atoms with E-state index in [0.717, 1.165) is 27.2 Å². The van der Waals surface area contributed by atoms with E-state index in [1.807, 2.05) is 24.3 Å². The fourth-order valence-corrected chi connectivity index (χ4v) is 3.73. The molecule has 1 amide bonds. The Labute approximate surface area is 123 Å². The van der Waals surface area contributed by atoms with Crippen molar-refractivity contribution in [3.63, 3.8) is 0 Å². The van der Waals surface area contributed by atoms with Gasteiger partial charge in [0, 0.05) is 8.45 Å². The third-order valence-electron chi connectivity index (χ3n) is 2.93. The van der Waals surface area contributed by atoms with Gasteiger partial charge in [-0.05, 0) is 54.0 Å².